The Labute approximate surface area is 111 Å². The molecule has 96 valence electrons. The van der Waals surface area contributed by atoms with Gasteiger partial charge < -0.3 is 10.5 Å². The van der Waals surface area contributed by atoms with Gasteiger partial charge in [-0.25, -0.2) is 0 Å². The number of hydrogen-bond donors (Lipinski definition) is 1. The first kappa shape index (κ1) is 13.1. The largest absolute Gasteiger partial charge is 0.383 e. The molecule has 4 nitrogen and oxygen atoms in total. The van der Waals surface area contributed by atoms with Crippen molar-refractivity contribution < 1.29 is 4.74 Å². The van der Waals surface area contributed by atoms with Gasteiger partial charge in [-0.1, -0.05) is 6.42 Å². The molecule has 2 atom stereocenters. The summed E-state index contributed by atoms with van der Waals surface area (Å²) in [6.45, 7) is 2.28. The van der Waals surface area contributed by atoms with Gasteiger partial charge >= 0.3 is 0 Å². The van der Waals surface area contributed by atoms with Gasteiger partial charge in [0.05, 0.1) is 29.5 Å². The molecular weight excluding hydrogens is 282 g/mol. The predicted molar refractivity (Wildman–Crippen MR) is 70.9 cm³/mol. The highest BCUT2D eigenvalue weighted by Crippen LogP contribution is 2.41. The number of methoxy groups -OCH3 is 1. The molecule has 0 amide bonds. The SMILES string of the molecule is COCCn1ncc(Br)c1C1CCCC1CN. The molecular formula is C12H20BrN3O. The summed E-state index contributed by atoms with van der Waals surface area (Å²) in [5.74, 6) is 1.15. The lowest BCUT2D eigenvalue weighted by Crippen LogP contribution is -2.21. The smallest absolute Gasteiger partial charge is 0.0658 e. The van der Waals surface area contributed by atoms with Gasteiger partial charge in [0, 0.05) is 13.0 Å². The van der Waals surface area contributed by atoms with Gasteiger partial charge in [-0.05, 0) is 41.2 Å². The van der Waals surface area contributed by atoms with Gasteiger partial charge in [0.1, 0.15) is 0 Å². The molecule has 1 aromatic rings. The highest BCUT2D eigenvalue weighted by Gasteiger charge is 2.31. The minimum Gasteiger partial charge on any atom is -0.383 e. The first-order valence-corrected chi connectivity index (χ1v) is 6.97. The monoisotopic (exact) mass is 301 g/mol. The fourth-order valence-electron chi connectivity index (χ4n) is 2.78. The van der Waals surface area contributed by atoms with Crippen LogP contribution < -0.4 is 5.73 Å². The van der Waals surface area contributed by atoms with Crippen LogP contribution in [-0.2, 0) is 11.3 Å². The third kappa shape index (κ3) is 2.72. The van der Waals surface area contributed by atoms with E-state index in [1.165, 1.54) is 25.0 Å². The molecule has 2 rings (SSSR count). The number of rotatable bonds is 5. The van der Waals surface area contributed by atoms with Crippen LogP contribution in [0.15, 0.2) is 10.7 Å². The van der Waals surface area contributed by atoms with Crippen LogP contribution in [0.2, 0.25) is 0 Å². The van der Waals surface area contributed by atoms with Crippen molar-refractivity contribution in [2.24, 2.45) is 11.7 Å². The van der Waals surface area contributed by atoms with Crippen molar-refractivity contribution in [1.82, 2.24) is 9.78 Å². The average molecular weight is 302 g/mol. The summed E-state index contributed by atoms with van der Waals surface area (Å²) >= 11 is 3.61. The van der Waals surface area contributed by atoms with Crippen molar-refractivity contribution in [2.45, 2.75) is 31.7 Å². The van der Waals surface area contributed by atoms with E-state index in [4.69, 9.17) is 10.5 Å². The quantitative estimate of drug-likeness (QED) is 0.906. The molecule has 1 heterocycles. The van der Waals surface area contributed by atoms with E-state index < -0.39 is 0 Å². The van der Waals surface area contributed by atoms with E-state index in [2.05, 4.69) is 25.7 Å². The second-order valence-corrected chi connectivity index (χ2v) is 5.48. The third-order valence-electron chi connectivity index (χ3n) is 3.65. The summed E-state index contributed by atoms with van der Waals surface area (Å²) < 4.78 is 8.30. The summed E-state index contributed by atoms with van der Waals surface area (Å²) in [7, 11) is 1.72. The zero-order valence-electron chi connectivity index (χ0n) is 10.2. The van der Waals surface area contributed by atoms with Crippen LogP contribution >= 0.6 is 15.9 Å². The summed E-state index contributed by atoms with van der Waals surface area (Å²) in [4.78, 5) is 0. The van der Waals surface area contributed by atoms with E-state index >= 15 is 0 Å². The van der Waals surface area contributed by atoms with Crippen LogP contribution in [0, 0.1) is 5.92 Å². The van der Waals surface area contributed by atoms with Gasteiger partial charge in [-0.3, -0.25) is 4.68 Å². The van der Waals surface area contributed by atoms with Crippen molar-refractivity contribution in [1.29, 1.82) is 0 Å². The molecule has 1 aliphatic rings. The first-order chi connectivity index (χ1) is 8.27. The maximum atomic E-state index is 5.86. The van der Waals surface area contributed by atoms with Crippen molar-refractivity contribution in [3.63, 3.8) is 0 Å². The fraction of sp³-hybridized carbons (Fsp3) is 0.750. The van der Waals surface area contributed by atoms with Gasteiger partial charge in [0.15, 0.2) is 0 Å². The topological polar surface area (TPSA) is 53.1 Å². The normalized spacial score (nSPS) is 24.4. The molecule has 2 unspecified atom stereocenters. The molecule has 17 heavy (non-hydrogen) atoms. The van der Waals surface area contributed by atoms with E-state index in [0.29, 0.717) is 18.4 Å². The first-order valence-electron chi connectivity index (χ1n) is 6.18. The molecule has 0 saturated heterocycles. The van der Waals surface area contributed by atoms with Crippen molar-refractivity contribution in [3.8, 4) is 0 Å². The molecule has 0 spiro atoms. The number of nitrogens with zero attached hydrogens (tertiary/aromatic N) is 2. The van der Waals surface area contributed by atoms with Gasteiger partial charge in [-0.15, -0.1) is 0 Å². The van der Waals surface area contributed by atoms with Crippen LogP contribution in [0.4, 0.5) is 0 Å². The fourth-order valence-corrected chi connectivity index (χ4v) is 3.37. The lowest BCUT2D eigenvalue weighted by Gasteiger charge is -2.20. The number of hydrogen-bond acceptors (Lipinski definition) is 3. The summed E-state index contributed by atoms with van der Waals surface area (Å²) in [6, 6.07) is 0. The van der Waals surface area contributed by atoms with Gasteiger partial charge in [0.25, 0.3) is 0 Å². The van der Waals surface area contributed by atoms with E-state index in [1.54, 1.807) is 7.11 Å². The number of aromatic nitrogens is 2. The second-order valence-electron chi connectivity index (χ2n) is 4.63. The van der Waals surface area contributed by atoms with Crippen LogP contribution in [0.3, 0.4) is 0 Å². The lowest BCUT2D eigenvalue weighted by molar-refractivity contribution is 0.181. The molecule has 1 saturated carbocycles. The molecule has 0 radical (unpaired) electrons. The predicted octanol–water partition coefficient (Wildman–Crippen LogP) is 2.13. The van der Waals surface area contributed by atoms with Gasteiger partial charge in [0.2, 0.25) is 0 Å². The van der Waals surface area contributed by atoms with E-state index in [0.717, 1.165) is 17.6 Å². The number of ether oxygens (including phenoxy) is 1. The molecule has 0 aromatic carbocycles. The van der Waals surface area contributed by atoms with Crippen molar-refractivity contribution >= 4 is 15.9 Å². The molecule has 1 fully saturated rings. The zero-order chi connectivity index (χ0) is 12.3. The Kier molecular flexibility index (Phi) is 4.59. The maximum absolute atomic E-state index is 5.86. The Hall–Kier alpha value is -0.390. The Bertz CT molecular complexity index is 367. The minimum absolute atomic E-state index is 0.550. The van der Waals surface area contributed by atoms with Crippen LogP contribution in [0.1, 0.15) is 30.9 Å². The average Bonchev–Trinajstić information content (AvgIpc) is 2.92. The summed E-state index contributed by atoms with van der Waals surface area (Å²) in [5, 5.41) is 4.42. The molecule has 5 heteroatoms. The van der Waals surface area contributed by atoms with Crippen LogP contribution in [0.25, 0.3) is 0 Å². The van der Waals surface area contributed by atoms with Crippen molar-refractivity contribution in [2.75, 3.05) is 20.3 Å². The molecule has 2 N–H and O–H groups in total. The zero-order valence-corrected chi connectivity index (χ0v) is 11.8. The number of nitrogens with two attached hydrogens (primary N) is 1. The van der Waals surface area contributed by atoms with Crippen LogP contribution in [0.5, 0.6) is 0 Å². The molecule has 0 bridgehead atoms. The molecule has 0 aliphatic heterocycles. The summed E-state index contributed by atoms with van der Waals surface area (Å²) in [6.07, 6.45) is 5.62. The summed E-state index contributed by atoms with van der Waals surface area (Å²) in [5.41, 5.74) is 7.16. The van der Waals surface area contributed by atoms with E-state index in [1.807, 2.05) is 6.20 Å². The van der Waals surface area contributed by atoms with E-state index in [-0.39, 0.29) is 0 Å². The number of halogens is 1. The standard InChI is InChI=1S/C12H20BrN3O/c1-17-6-5-16-12(11(13)8-15-16)10-4-2-3-9(10)7-14/h8-10H,2-7,14H2,1H3. The van der Waals surface area contributed by atoms with Crippen LogP contribution in [-0.4, -0.2) is 30.0 Å². The lowest BCUT2D eigenvalue weighted by atomic mass is 9.93. The minimum atomic E-state index is 0.550. The third-order valence-corrected chi connectivity index (χ3v) is 4.26. The molecule has 1 aliphatic carbocycles. The van der Waals surface area contributed by atoms with Crippen molar-refractivity contribution in [3.05, 3.63) is 16.4 Å². The van der Waals surface area contributed by atoms with Gasteiger partial charge in [-0.2, -0.15) is 5.10 Å². The highest BCUT2D eigenvalue weighted by atomic mass is 79.9. The Morgan fingerprint density at radius 3 is 3.12 bits per heavy atom. The highest BCUT2D eigenvalue weighted by molar-refractivity contribution is 9.10. The Balaban J connectivity index is 2.20. The van der Waals surface area contributed by atoms with E-state index in [9.17, 15) is 0 Å². The Morgan fingerprint density at radius 1 is 1.59 bits per heavy atom. The maximum Gasteiger partial charge on any atom is 0.0658 e. The molecule has 1 aromatic heterocycles. The Morgan fingerprint density at radius 2 is 2.41 bits per heavy atom. The second kappa shape index (κ2) is 5.98.